The summed E-state index contributed by atoms with van der Waals surface area (Å²) < 4.78 is 16.2. The van der Waals surface area contributed by atoms with Crippen LogP contribution in [-0.4, -0.2) is 46.6 Å². The number of hydrogen-bond acceptors (Lipinski definition) is 5. The van der Waals surface area contributed by atoms with Crippen molar-refractivity contribution in [1.82, 2.24) is 5.32 Å². The highest BCUT2D eigenvalue weighted by Gasteiger charge is 2.13. The first-order valence-electron chi connectivity index (χ1n) is 6.61. The zero-order chi connectivity index (χ0) is 13.5. The highest BCUT2D eigenvalue weighted by Crippen LogP contribution is 2.28. The van der Waals surface area contributed by atoms with Crippen molar-refractivity contribution in [3.8, 4) is 11.5 Å². The van der Waals surface area contributed by atoms with E-state index in [1.54, 1.807) is 14.2 Å². The second kappa shape index (κ2) is 7.21. The number of ether oxygens (including phenoxy) is 3. The summed E-state index contributed by atoms with van der Waals surface area (Å²) in [5.74, 6) is 1.64. The molecule has 1 fully saturated rings. The van der Waals surface area contributed by atoms with Crippen LogP contribution in [0.15, 0.2) is 18.2 Å². The number of morpholine rings is 1. The molecule has 1 aliphatic rings. The summed E-state index contributed by atoms with van der Waals surface area (Å²) in [6.07, 6.45) is 1.26. The third-order valence-corrected chi connectivity index (χ3v) is 3.19. The van der Waals surface area contributed by atoms with Crippen LogP contribution in [0.2, 0.25) is 0 Å². The van der Waals surface area contributed by atoms with Crippen molar-refractivity contribution in [1.29, 1.82) is 0 Å². The van der Waals surface area contributed by atoms with E-state index in [0.29, 0.717) is 0 Å². The largest absolute Gasteiger partial charge is 0.497 e. The van der Waals surface area contributed by atoms with Gasteiger partial charge in [0, 0.05) is 25.7 Å². The van der Waals surface area contributed by atoms with E-state index in [9.17, 15) is 0 Å². The van der Waals surface area contributed by atoms with Crippen LogP contribution in [0.1, 0.15) is 6.42 Å². The number of anilines is 1. The maximum absolute atomic E-state index is 5.66. The number of methoxy groups -OCH3 is 2. The molecule has 0 radical (unpaired) electrons. The zero-order valence-electron chi connectivity index (χ0n) is 11.6. The average molecular weight is 266 g/mol. The molecule has 1 atom stereocenters. The molecule has 1 aromatic rings. The Labute approximate surface area is 114 Å². The molecule has 1 heterocycles. The molecule has 0 aliphatic carbocycles. The molecule has 19 heavy (non-hydrogen) atoms. The van der Waals surface area contributed by atoms with E-state index >= 15 is 0 Å². The Balaban J connectivity index is 1.86. The summed E-state index contributed by atoms with van der Waals surface area (Å²) in [6.45, 7) is 3.52. The Hall–Kier alpha value is -1.46. The van der Waals surface area contributed by atoms with E-state index in [2.05, 4.69) is 10.6 Å². The molecule has 5 nitrogen and oxygen atoms in total. The van der Waals surface area contributed by atoms with Gasteiger partial charge in [0.05, 0.1) is 32.6 Å². The highest BCUT2D eigenvalue weighted by molar-refractivity contribution is 5.59. The van der Waals surface area contributed by atoms with Crippen molar-refractivity contribution >= 4 is 5.69 Å². The van der Waals surface area contributed by atoms with Gasteiger partial charge in [0.15, 0.2) is 0 Å². The topological polar surface area (TPSA) is 51.8 Å². The third-order valence-electron chi connectivity index (χ3n) is 3.19. The van der Waals surface area contributed by atoms with Gasteiger partial charge in [0.2, 0.25) is 0 Å². The number of nitrogens with one attached hydrogen (secondary N) is 2. The highest BCUT2D eigenvalue weighted by atomic mass is 16.5. The SMILES string of the molecule is COc1ccc(OC)c(NCCC2CNCCO2)c1. The normalized spacial score (nSPS) is 18.9. The average Bonchev–Trinajstić information content (AvgIpc) is 2.48. The molecule has 106 valence electrons. The summed E-state index contributed by atoms with van der Waals surface area (Å²) in [7, 11) is 3.33. The number of benzene rings is 1. The second-order valence-electron chi connectivity index (χ2n) is 4.48. The van der Waals surface area contributed by atoms with Crippen LogP contribution >= 0.6 is 0 Å². The molecule has 2 rings (SSSR count). The van der Waals surface area contributed by atoms with Crippen molar-refractivity contribution in [2.75, 3.05) is 45.8 Å². The maximum Gasteiger partial charge on any atom is 0.142 e. The van der Waals surface area contributed by atoms with Gasteiger partial charge < -0.3 is 24.8 Å². The smallest absolute Gasteiger partial charge is 0.142 e. The van der Waals surface area contributed by atoms with Gasteiger partial charge in [-0.15, -0.1) is 0 Å². The second-order valence-corrected chi connectivity index (χ2v) is 4.48. The Morgan fingerprint density at radius 1 is 1.37 bits per heavy atom. The van der Waals surface area contributed by atoms with Crippen molar-refractivity contribution in [3.63, 3.8) is 0 Å². The van der Waals surface area contributed by atoms with E-state index in [0.717, 1.165) is 49.8 Å². The van der Waals surface area contributed by atoms with Gasteiger partial charge in [-0.2, -0.15) is 0 Å². The molecular formula is C14H22N2O3. The Bertz CT molecular complexity index is 392. The molecule has 1 aromatic carbocycles. The minimum atomic E-state index is 0.290. The molecule has 0 aromatic heterocycles. The van der Waals surface area contributed by atoms with E-state index in [-0.39, 0.29) is 6.10 Å². The molecule has 1 unspecified atom stereocenters. The lowest BCUT2D eigenvalue weighted by molar-refractivity contribution is 0.0258. The first-order valence-corrected chi connectivity index (χ1v) is 6.61. The minimum Gasteiger partial charge on any atom is -0.497 e. The molecule has 5 heteroatoms. The van der Waals surface area contributed by atoms with Gasteiger partial charge in [-0.25, -0.2) is 0 Å². The van der Waals surface area contributed by atoms with E-state index in [1.165, 1.54) is 0 Å². The van der Waals surface area contributed by atoms with E-state index < -0.39 is 0 Å². The molecular weight excluding hydrogens is 244 g/mol. The lowest BCUT2D eigenvalue weighted by atomic mass is 10.2. The molecule has 2 N–H and O–H groups in total. The molecule has 0 bridgehead atoms. The Morgan fingerprint density at radius 3 is 2.95 bits per heavy atom. The molecule has 1 aliphatic heterocycles. The summed E-state index contributed by atoms with van der Waals surface area (Å²) in [4.78, 5) is 0. The lowest BCUT2D eigenvalue weighted by Gasteiger charge is -2.24. The predicted octanol–water partition coefficient (Wildman–Crippen LogP) is 1.49. The van der Waals surface area contributed by atoms with Crippen molar-refractivity contribution in [2.45, 2.75) is 12.5 Å². The number of hydrogen-bond donors (Lipinski definition) is 2. The summed E-state index contributed by atoms with van der Waals surface area (Å²) in [5, 5.41) is 6.70. The molecule has 0 spiro atoms. The van der Waals surface area contributed by atoms with Crippen LogP contribution in [0.25, 0.3) is 0 Å². The van der Waals surface area contributed by atoms with Crippen LogP contribution in [0.5, 0.6) is 11.5 Å². The van der Waals surface area contributed by atoms with Crippen LogP contribution in [0.3, 0.4) is 0 Å². The zero-order valence-corrected chi connectivity index (χ0v) is 11.6. The Kier molecular flexibility index (Phi) is 5.30. The van der Waals surface area contributed by atoms with E-state index in [4.69, 9.17) is 14.2 Å². The predicted molar refractivity (Wildman–Crippen MR) is 75.3 cm³/mol. The van der Waals surface area contributed by atoms with Gasteiger partial charge in [0.1, 0.15) is 11.5 Å². The maximum atomic E-state index is 5.66. The van der Waals surface area contributed by atoms with Crippen molar-refractivity contribution in [3.05, 3.63) is 18.2 Å². The molecule has 0 saturated carbocycles. The first kappa shape index (κ1) is 14.0. The monoisotopic (exact) mass is 266 g/mol. The van der Waals surface area contributed by atoms with Crippen molar-refractivity contribution in [2.24, 2.45) is 0 Å². The van der Waals surface area contributed by atoms with Crippen LogP contribution in [0, 0.1) is 0 Å². The van der Waals surface area contributed by atoms with Gasteiger partial charge in [0.25, 0.3) is 0 Å². The fourth-order valence-electron chi connectivity index (χ4n) is 2.13. The van der Waals surface area contributed by atoms with Gasteiger partial charge in [-0.1, -0.05) is 0 Å². The summed E-state index contributed by atoms with van der Waals surface area (Å²) in [5.41, 5.74) is 0.950. The fraction of sp³-hybridized carbons (Fsp3) is 0.571. The summed E-state index contributed by atoms with van der Waals surface area (Å²) in [6, 6.07) is 5.73. The van der Waals surface area contributed by atoms with Crippen LogP contribution in [0.4, 0.5) is 5.69 Å². The molecule has 0 amide bonds. The fourth-order valence-corrected chi connectivity index (χ4v) is 2.13. The van der Waals surface area contributed by atoms with E-state index in [1.807, 2.05) is 18.2 Å². The molecule has 1 saturated heterocycles. The van der Waals surface area contributed by atoms with Crippen LogP contribution < -0.4 is 20.1 Å². The van der Waals surface area contributed by atoms with Crippen molar-refractivity contribution < 1.29 is 14.2 Å². The van der Waals surface area contributed by atoms with Gasteiger partial charge >= 0.3 is 0 Å². The van der Waals surface area contributed by atoms with Gasteiger partial charge in [-0.05, 0) is 18.6 Å². The summed E-state index contributed by atoms with van der Waals surface area (Å²) >= 11 is 0. The number of rotatable bonds is 6. The standard InChI is InChI=1S/C14H22N2O3/c1-17-11-3-4-14(18-2)13(9-11)16-6-5-12-10-15-7-8-19-12/h3-4,9,12,15-16H,5-8,10H2,1-2H3. The minimum absolute atomic E-state index is 0.290. The third kappa shape index (κ3) is 4.01. The van der Waals surface area contributed by atoms with Crippen LogP contribution in [-0.2, 0) is 4.74 Å². The quantitative estimate of drug-likeness (QED) is 0.817. The first-order chi connectivity index (χ1) is 9.33. The Morgan fingerprint density at radius 2 is 2.26 bits per heavy atom. The lowest BCUT2D eigenvalue weighted by Crippen LogP contribution is -2.39. The van der Waals surface area contributed by atoms with Gasteiger partial charge in [-0.3, -0.25) is 0 Å².